The highest BCUT2D eigenvalue weighted by atomic mass is 35.5. The number of ketones is 1. The Balaban J connectivity index is 1.79. The van der Waals surface area contributed by atoms with Crippen molar-refractivity contribution in [3.63, 3.8) is 0 Å². The molecule has 5 nitrogen and oxygen atoms in total. The summed E-state index contributed by atoms with van der Waals surface area (Å²) >= 11 is 5.81. The minimum absolute atomic E-state index is 0.0720. The number of halogens is 1. The van der Waals surface area contributed by atoms with Gasteiger partial charge in [-0.3, -0.25) is 9.52 Å². The summed E-state index contributed by atoms with van der Waals surface area (Å²) in [6.07, 6.45) is 3.11. The summed E-state index contributed by atoms with van der Waals surface area (Å²) in [4.78, 5) is 12.7. The summed E-state index contributed by atoms with van der Waals surface area (Å²) in [7, 11) is -3.80. The van der Waals surface area contributed by atoms with E-state index >= 15 is 0 Å². The minimum Gasteiger partial charge on any atom is -0.392 e. The van der Waals surface area contributed by atoms with E-state index in [4.69, 9.17) is 11.6 Å². The lowest BCUT2D eigenvalue weighted by molar-refractivity contribution is 0.104. The van der Waals surface area contributed by atoms with Gasteiger partial charge in [0.2, 0.25) is 0 Å². The number of anilines is 1. The van der Waals surface area contributed by atoms with Crippen LogP contribution in [0.25, 0.3) is 6.08 Å². The molecule has 0 aromatic heterocycles. The summed E-state index contributed by atoms with van der Waals surface area (Å²) in [6.45, 7) is 1.84. The van der Waals surface area contributed by atoms with E-state index in [1.54, 1.807) is 24.3 Å². The van der Waals surface area contributed by atoms with Gasteiger partial charge in [-0.1, -0.05) is 41.9 Å². The van der Waals surface area contributed by atoms with Gasteiger partial charge in [-0.25, -0.2) is 8.42 Å². The molecule has 0 fully saturated rings. The molecular weight excluding hydrogens is 422 g/mol. The van der Waals surface area contributed by atoms with E-state index in [0.29, 0.717) is 10.6 Å². The Morgan fingerprint density at radius 1 is 1.07 bits per heavy atom. The molecule has 0 aliphatic carbocycles. The molecule has 0 spiro atoms. The van der Waals surface area contributed by atoms with E-state index in [1.165, 1.54) is 36.4 Å². The van der Waals surface area contributed by atoms with Crippen LogP contribution in [-0.2, 0) is 16.6 Å². The summed E-state index contributed by atoms with van der Waals surface area (Å²) in [6, 6.07) is 17.6. The predicted octanol–water partition coefficient (Wildman–Crippen LogP) is 4.84. The van der Waals surface area contributed by atoms with Crippen molar-refractivity contribution >= 4 is 39.2 Å². The largest absolute Gasteiger partial charge is 0.392 e. The highest BCUT2D eigenvalue weighted by molar-refractivity contribution is 7.92. The van der Waals surface area contributed by atoms with Crippen LogP contribution >= 0.6 is 11.6 Å². The average Bonchev–Trinajstić information content (AvgIpc) is 2.73. The maximum atomic E-state index is 12.6. The van der Waals surface area contributed by atoms with Gasteiger partial charge in [0, 0.05) is 16.3 Å². The normalized spacial score (nSPS) is 11.6. The molecule has 3 aromatic carbocycles. The van der Waals surface area contributed by atoms with Crippen molar-refractivity contribution in [3.05, 3.63) is 100 Å². The molecule has 7 heteroatoms. The number of carbonyl (C=O) groups is 1. The van der Waals surface area contributed by atoms with Gasteiger partial charge in [0.15, 0.2) is 5.78 Å². The van der Waals surface area contributed by atoms with Gasteiger partial charge in [-0.05, 0) is 72.2 Å². The Morgan fingerprint density at radius 3 is 2.50 bits per heavy atom. The van der Waals surface area contributed by atoms with Crippen molar-refractivity contribution in [3.8, 4) is 0 Å². The van der Waals surface area contributed by atoms with Crippen LogP contribution in [-0.4, -0.2) is 19.3 Å². The number of nitrogens with one attached hydrogen (secondary N) is 1. The zero-order chi connectivity index (χ0) is 21.7. The second-order valence-corrected chi connectivity index (χ2v) is 8.81. The molecule has 0 heterocycles. The van der Waals surface area contributed by atoms with Gasteiger partial charge in [0.25, 0.3) is 10.0 Å². The highest BCUT2D eigenvalue weighted by Crippen LogP contribution is 2.20. The number of carbonyl (C=O) groups excluding carboxylic acids is 1. The summed E-state index contributed by atoms with van der Waals surface area (Å²) in [5.41, 5.74) is 3.18. The Bertz CT molecular complexity index is 1200. The quantitative estimate of drug-likeness (QED) is 0.406. The van der Waals surface area contributed by atoms with Gasteiger partial charge < -0.3 is 5.11 Å². The molecular formula is C23H20ClNO4S. The summed E-state index contributed by atoms with van der Waals surface area (Å²) in [5.74, 6) is -0.267. The SMILES string of the molecule is Cc1ccc(CO)cc1/C=C/C(=O)c1cccc(NS(=O)(=O)c2ccc(Cl)cc2)c1. The first kappa shape index (κ1) is 21.8. The van der Waals surface area contributed by atoms with Crippen molar-refractivity contribution in [1.82, 2.24) is 0 Å². The van der Waals surface area contributed by atoms with Gasteiger partial charge in [-0.2, -0.15) is 0 Å². The first-order valence-corrected chi connectivity index (χ1v) is 11.0. The van der Waals surface area contributed by atoms with Crippen molar-refractivity contribution in [2.75, 3.05) is 4.72 Å². The number of aliphatic hydroxyl groups is 1. The molecule has 2 N–H and O–H groups in total. The fraction of sp³-hybridized carbons (Fsp3) is 0.0870. The molecule has 0 saturated carbocycles. The molecule has 0 amide bonds. The second kappa shape index (κ2) is 9.26. The van der Waals surface area contributed by atoms with Crippen LogP contribution in [0.3, 0.4) is 0 Å². The van der Waals surface area contributed by atoms with Gasteiger partial charge in [0.1, 0.15) is 0 Å². The third-order valence-electron chi connectivity index (χ3n) is 4.46. The minimum atomic E-state index is -3.80. The van der Waals surface area contributed by atoms with Crippen molar-refractivity contribution in [2.24, 2.45) is 0 Å². The molecule has 0 unspecified atom stereocenters. The van der Waals surface area contributed by atoms with E-state index in [1.807, 2.05) is 25.1 Å². The number of hydrogen-bond acceptors (Lipinski definition) is 4. The Kier molecular flexibility index (Phi) is 6.72. The Morgan fingerprint density at radius 2 is 1.80 bits per heavy atom. The number of sulfonamides is 1. The average molecular weight is 442 g/mol. The van der Waals surface area contributed by atoms with E-state index in [-0.39, 0.29) is 23.0 Å². The van der Waals surface area contributed by atoms with E-state index in [2.05, 4.69) is 4.72 Å². The third kappa shape index (κ3) is 5.36. The maximum Gasteiger partial charge on any atom is 0.261 e. The van der Waals surface area contributed by atoms with Crippen LogP contribution in [0.4, 0.5) is 5.69 Å². The molecule has 3 aromatic rings. The first-order valence-electron chi connectivity index (χ1n) is 9.10. The standard InChI is InChI=1S/C23H20ClNO4S/c1-16-5-6-17(15-26)13-18(16)7-12-23(27)19-3-2-4-21(14-19)25-30(28,29)22-10-8-20(24)9-11-22/h2-14,25-26H,15H2,1H3/b12-7+. The number of benzene rings is 3. The van der Waals surface area contributed by atoms with Crippen LogP contribution in [0.5, 0.6) is 0 Å². The molecule has 3 rings (SSSR count). The first-order chi connectivity index (χ1) is 14.3. The van der Waals surface area contributed by atoms with Gasteiger partial charge >= 0.3 is 0 Å². The lowest BCUT2D eigenvalue weighted by atomic mass is 10.0. The van der Waals surface area contributed by atoms with Crippen LogP contribution in [0, 0.1) is 6.92 Å². The number of allylic oxidation sites excluding steroid dienone is 1. The lowest BCUT2D eigenvalue weighted by Crippen LogP contribution is -2.13. The summed E-state index contributed by atoms with van der Waals surface area (Å²) in [5, 5.41) is 9.71. The van der Waals surface area contributed by atoms with Crippen molar-refractivity contribution in [1.29, 1.82) is 0 Å². The zero-order valence-corrected chi connectivity index (χ0v) is 17.7. The molecule has 154 valence electrons. The molecule has 0 saturated heterocycles. The molecule has 30 heavy (non-hydrogen) atoms. The number of aryl methyl sites for hydroxylation is 1. The van der Waals surface area contributed by atoms with Crippen LogP contribution in [0.2, 0.25) is 5.02 Å². The van der Waals surface area contributed by atoms with Gasteiger partial charge in [-0.15, -0.1) is 0 Å². The van der Waals surface area contributed by atoms with Crippen molar-refractivity contribution < 1.29 is 18.3 Å². The maximum absolute atomic E-state index is 12.6. The zero-order valence-electron chi connectivity index (χ0n) is 16.2. The van der Waals surface area contributed by atoms with E-state index in [0.717, 1.165) is 16.7 Å². The fourth-order valence-electron chi connectivity index (χ4n) is 2.79. The Labute approximate surface area is 180 Å². The highest BCUT2D eigenvalue weighted by Gasteiger charge is 2.14. The summed E-state index contributed by atoms with van der Waals surface area (Å²) < 4.78 is 27.5. The Hall–Kier alpha value is -2.93. The number of hydrogen-bond donors (Lipinski definition) is 2. The molecule has 0 aliphatic rings. The molecule has 0 aliphatic heterocycles. The van der Waals surface area contributed by atoms with Gasteiger partial charge in [0.05, 0.1) is 11.5 Å². The molecule has 0 bridgehead atoms. The smallest absolute Gasteiger partial charge is 0.261 e. The van der Waals surface area contributed by atoms with Crippen LogP contribution in [0.15, 0.2) is 77.7 Å². The topological polar surface area (TPSA) is 83.5 Å². The predicted molar refractivity (Wildman–Crippen MR) is 119 cm³/mol. The van der Waals surface area contributed by atoms with Crippen molar-refractivity contribution in [2.45, 2.75) is 18.4 Å². The van der Waals surface area contributed by atoms with Crippen LogP contribution in [0.1, 0.15) is 27.0 Å². The van der Waals surface area contributed by atoms with E-state index < -0.39 is 10.0 Å². The van der Waals surface area contributed by atoms with Crippen LogP contribution < -0.4 is 4.72 Å². The molecule has 0 radical (unpaired) electrons. The monoisotopic (exact) mass is 441 g/mol. The van der Waals surface area contributed by atoms with E-state index in [9.17, 15) is 18.3 Å². The molecule has 0 atom stereocenters. The third-order valence-corrected chi connectivity index (χ3v) is 6.11. The fourth-order valence-corrected chi connectivity index (χ4v) is 3.97. The number of aliphatic hydroxyl groups excluding tert-OH is 1. The second-order valence-electron chi connectivity index (χ2n) is 6.69. The number of rotatable bonds is 7. The lowest BCUT2D eigenvalue weighted by Gasteiger charge is -2.09.